The third-order valence-electron chi connectivity index (χ3n) is 5.23. The number of imide groups is 2. The molecule has 1 aromatic carbocycles. The van der Waals surface area contributed by atoms with Crippen molar-refractivity contribution in [1.29, 1.82) is 0 Å². The van der Waals surface area contributed by atoms with Crippen LogP contribution in [0.1, 0.15) is 33.6 Å². The summed E-state index contributed by atoms with van der Waals surface area (Å²) >= 11 is 0. The van der Waals surface area contributed by atoms with Gasteiger partial charge >= 0.3 is 15.2 Å². The van der Waals surface area contributed by atoms with Crippen LogP contribution in [-0.4, -0.2) is 73.9 Å². The molecule has 0 radical (unpaired) electrons. The summed E-state index contributed by atoms with van der Waals surface area (Å²) in [6.45, 7) is -0.957. The largest absolute Gasteiger partial charge is 0.371 e. The van der Waals surface area contributed by atoms with Gasteiger partial charge in [-0.25, -0.2) is 4.98 Å². The minimum Gasteiger partial charge on any atom is -0.366 e. The third kappa shape index (κ3) is 5.16. The Kier molecular flexibility index (Phi) is 7.25. The van der Waals surface area contributed by atoms with E-state index < -0.39 is 50.6 Å². The number of piperidine rings is 1. The van der Waals surface area contributed by atoms with Gasteiger partial charge in [0.15, 0.2) is 0 Å². The van der Waals surface area contributed by atoms with Crippen molar-refractivity contribution < 1.29 is 53.0 Å². The maximum atomic E-state index is 12.2. The second kappa shape index (κ2) is 9.55. The van der Waals surface area contributed by atoms with E-state index in [1.165, 1.54) is 12.4 Å². The molecular weight excluding hydrogens is 510 g/mol. The third-order valence-corrected chi connectivity index (χ3v) is 8.95. The van der Waals surface area contributed by atoms with Crippen LogP contribution in [0.15, 0.2) is 43.0 Å². The summed E-state index contributed by atoms with van der Waals surface area (Å²) < 4.78 is 22.8. The topological polar surface area (TPSA) is 237 Å². The molecule has 3 heterocycles. The summed E-state index contributed by atoms with van der Waals surface area (Å²) in [5.41, 5.74) is 0.606. The Balaban J connectivity index is 0.000000199. The highest BCUT2D eigenvalue weighted by Crippen LogP contribution is 2.67. The standard InChI is InChI=1S/C13H10N2O4.C5H10N2O7P2/c16-10-6-5-9(11(17)14-10)15-12(18)7-3-1-2-4-8(7)13(15)19;8-5(15(9,10)11,16(12,13)14)3-7-2-1-6-4-7/h1-4,9H,5-6H2,(H,14,16,17);1-2,4,8H,3H2,(H2,9,10,11)(H2,12,13,14). The van der Waals surface area contributed by atoms with Gasteiger partial charge in [0, 0.05) is 18.8 Å². The summed E-state index contributed by atoms with van der Waals surface area (Å²) in [6, 6.07) is 5.55. The molecule has 1 unspecified atom stereocenters. The molecule has 4 amide bonds. The van der Waals surface area contributed by atoms with Crippen LogP contribution < -0.4 is 5.32 Å². The number of rotatable bonds is 5. The molecule has 1 fully saturated rings. The van der Waals surface area contributed by atoms with E-state index in [1.807, 2.05) is 0 Å². The zero-order valence-electron chi connectivity index (χ0n) is 17.7. The second-order valence-electron chi connectivity index (χ2n) is 7.59. The molecule has 15 nitrogen and oxygen atoms in total. The number of fused-ring (bicyclic) bond motifs is 1. The normalized spacial score (nSPS) is 18.7. The molecule has 4 rings (SSSR count). The molecule has 35 heavy (non-hydrogen) atoms. The zero-order chi connectivity index (χ0) is 26.2. The fourth-order valence-electron chi connectivity index (χ4n) is 3.40. The lowest BCUT2D eigenvalue weighted by Crippen LogP contribution is -2.54. The number of aromatic nitrogens is 2. The number of carbonyl (C=O) groups excluding carboxylic acids is 4. The number of aliphatic hydroxyl groups is 1. The molecule has 2 aromatic rings. The number of imidazole rings is 1. The van der Waals surface area contributed by atoms with Crippen molar-refractivity contribution in [3.8, 4) is 0 Å². The lowest BCUT2D eigenvalue weighted by molar-refractivity contribution is -0.136. The van der Waals surface area contributed by atoms with Gasteiger partial charge in [0.25, 0.3) is 16.9 Å². The molecule has 0 saturated carbocycles. The number of amides is 4. The van der Waals surface area contributed by atoms with Gasteiger partial charge in [0.2, 0.25) is 11.8 Å². The summed E-state index contributed by atoms with van der Waals surface area (Å²) in [6.07, 6.45) is 3.81. The van der Waals surface area contributed by atoms with Crippen LogP contribution >= 0.6 is 15.2 Å². The number of nitrogens with one attached hydrogen (secondary N) is 1. The van der Waals surface area contributed by atoms with Crippen molar-refractivity contribution in [2.45, 2.75) is 30.5 Å². The lowest BCUT2D eigenvalue weighted by atomic mass is 10.0. The monoisotopic (exact) mass is 530 g/mol. The number of hydrogen-bond donors (Lipinski definition) is 6. The number of carbonyl (C=O) groups is 4. The van der Waals surface area contributed by atoms with Crippen LogP contribution in [0.2, 0.25) is 0 Å². The van der Waals surface area contributed by atoms with E-state index in [0.717, 1.165) is 15.8 Å². The second-order valence-corrected chi connectivity index (χ2v) is 11.6. The average molecular weight is 530 g/mol. The van der Waals surface area contributed by atoms with Crippen LogP contribution in [0.5, 0.6) is 0 Å². The van der Waals surface area contributed by atoms with Crippen LogP contribution in [0.4, 0.5) is 0 Å². The van der Waals surface area contributed by atoms with Crippen molar-refractivity contribution in [1.82, 2.24) is 19.8 Å². The van der Waals surface area contributed by atoms with Gasteiger partial charge in [-0.15, -0.1) is 0 Å². The Hall–Kier alpha value is -3.03. The number of nitrogens with zero attached hydrogens (tertiary/aromatic N) is 3. The van der Waals surface area contributed by atoms with Crippen LogP contribution in [-0.2, 0) is 25.3 Å². The van der Waals surface area contributed by atoms with Crippen molar-refractivity contribution in [3.63, 3.8) is 0 Å². The van der Waals surface area contributed by atoms with Crippen molar-refractivity contribution in [3.05, 3.63) is 54.1 Å². The fraction of sp³-hybridized carbons (Fsp3) is 0.278. The maximum absolute atomic E-state index is 12.2. The maximum Gasteiger partial charge on any atom is 0.371 e. The molecule has 0 spiro atoms. The molecule has 2 aliphatic heterocycles. The Morgan fingerprint density at radius 1 is 1.00 bits per heavy atom. The number of benzene rings is 1. The SMILES string of the molecule is O=C1CCC(N2C(=O)c3ccccc3C2=O)C(=O)N1.O=P(O)(O)C(O)(Cn1ccnc1)P(=O)(O)O. The first-order chi connectivity index (χ1) is 16.2. The molecule has 2 aliphatic rings. The first-order valence-corrected chi connectivity index (χ1v) is 13.0. The van der Waals surface area contributed by atoms with Crippen molar-refractivity contribution in [2.75, 3.05) is 0 Å². The first-order valence-electron chi connectivity index (χ1n) is 9.77. The van der Waals surface area contributed by atoms with Crippen molar-refractivity contribution in [2.24, 2.45) is 0 Å². The van der Waals surface area contributed by atoms with Gasteiger partial charge < -0.3 is 29.2 Å². The predicted molar refractivity (Wildman–Crippen MR) is 114 cm³/mol. The highest BCUT2D eigenvalue weighted by molar-refractivity contribution is 7.72. The minimum absolute atomic E-state index is 0.129. The van der Waals surface area contributed by atoms with E-state index in [-0.39, 0.29) is 18.7 Å². The van der Waals surface area contributed by atoms with E-state index in [1.54, 1.807) is 24.3 Å². The molecule has 17 heteroatoms. The van der Waals surface area contributed by atoms with E-state index in [0.29, 0.717) is 11.1 Å². The van der Waals surface area contributed by atoms with Crippen LogP contribution in [0.3, 0.4) is 0 Å². The molecule has 1 saturated heterocycles. The Labute approximate surface area is 196 Å². The van der Waals surface area contributed by atoms with E-state index in [4.69, 9.17) is 19.6 Å². The molecule has 1 atom stereocenters. The summed E-state index contributed by atoms with van der Waals surface area (Å²) in [4.78, 5) is 86.9. The van der Waals surface area contributed by atoms with Gasteiger partial charge in [0.05, 0.1) is 24.0 Å². The highest BCUT2D eigenvalue weighted by Gasteiger charge is 2.59. The zero-order valence-corrected chi connectivity index (χ0v) is 19.5. The van der Waals surface area contributed by atoms with E-state index >= 15 is 0 Å². The smallest absolute Gasteiger partial charge is 0.366 e. The van der Waals surface area contributed by atoms with Gasteiger partial charge in [-0.05, 0) is 18.6 Å². The van der Waals surface area contributed by atoms with Gasteiger partial charge in [-0.2, -0.15) is 0 Å². The van der Waals surface area contributed by atoms with Gasteiger partial charge in [-0.3, -0.25) is 38.5 Å². The first kappa shape index (κ1) is 26.6. The highest BCUT2D eigenvalue weighted by atomic mass is 31.2. The molecule has 6 N–H and O–H groups in total. The summed E-state index contributed by atoms with van der Waals surface area (Å²) in [7, 11) is -10.8. The predicted octanol–water partition coefficient (Wildman–Crippen LogP) is -1.03. The van der Waals surface area contributed by atoms with Crippen molar-refractivity contribution >= 4 is 38.8 Å². The molecule has 0 aliphatic carbocycles. The van der Waals surface area contributed by atoms with Gasteiger partial charge in [-0.1, -0.05) is 12.1 Å². The molecule has 1 aromatic heterocycles. The lowest BCUT2D eigenvalue weighted by Gasteiger charge is -2.29. The van der Waals surface area contributed by atoms with Crippen LogP contribution in [0.25, 0.3) is 0 Å². The Morgan fingerprint density at radius 2 is 1.54 bits per heavy atom. The summed E-state index contributed by atoms with van der Waals surface area (Å²) in [5, 5.41) is 8.19. The van der Waals surface area contributed by atoms with Crippen LogP contribution in [0, 0.1) is 0 Å². The van der Waals surface area contributed by atoms with E-state index in [9.17, 15) is 33.4 Å². The molecular formula is C18H20N4O11P2. The molecule has 188 valence electrons. The fourth-order valence-corrected chi connectivity index (χ4v) is 5.45. The number of hydrogen-bond acceptors (Lipinski definition) is 8. The van der Waals surface area contributed by atoms with Gasteiger partial charge in [0.1, 0.15) is 6.04 Å². The average Bonchev–Trinajstić information content (AvgIpc) is 3.35. The quantitative estimate of drug-likeness (QED) is 0.201. The summed E-state index contributed by atoms with van der Waals surface area (Å²) in [5.74, 6) is -1.92. The Bertz CT molecular complexity index is 1210. The minimum atomic E-state index is -5.41. The Morgan fingerprint density at radius 3 is 1.97 bits per heavy atom. The van der Waals surface area contributed by atoms with E-state index in [2.05, 4.69) is 10.3 Å². The molecule has 0 bridgehead atoms.